The number of anilines is 1. The fourth-order valence-corrected chi connectivity index (χ4v) is 2.27. The van der Waals surface area contributed by atoms with Gasteiger partial charge in [-0.05, 0) is 30.7 Å². The van der Waals surface area contributed by atoms with Gasteiger partial charge in [0.15, 0.2) is 0 Å². The molecule has 0 aliphatic heterocycles. The van der Waals surface area contributed by atoms with E-state index in [-0.39, 0.29) is 5.56 Å². The molecule has 0 spiro atoms. The van der Waals surface area contributed by atoms with Crippen LogP contribution >= 0.6 is 0 Å². The molecule has 19 heavy (non-hydrogen) atoms. The summed E-state index contributed by atoms with van der Waals surface area (Å²) in [6, 6.07) is 6.07. The van der Waals surface area contributed by atoms with Gasteiger partial charge in [0, 0.05) is 13.8 Å². The highest BCUT2D eigenvalue weighted by Crippen LogP contribution is 2.20. The van der Waals surface area contributed by atoms with Crippen molar-refractivity contribution in [2.24, 2.45) is 0 Å². The monoisotopic (exact) mass is 276 g/mol. The zero-order chi connectivity index (χ0) is 14.6. The second-order valence-corrected chi connectivity index (χ2v) is 11.4. The van der Waals surface area contributed by atoms with Crippen LogP contribution in [0.3, 0.4) is 0 Å². The fourth-order valence-electron chi connectivity index (χ4n) is 1.56. The van der Waals surface area contributed by atoms with E-state index in [9.17, 15) is 4.79 Å². The van der Waals surface area contributed by atoms with E-state index in [0.717, 1.165) is 11.6 Å². The van der Waals surface area contributed by atoms with Crippen LogP contribution in [0.15, 0.2) is 12.1 Å². The molecular formula is C14H20N2O2Si. The maximum atomic E-state index is 12.0. The molecule has 0 fully saturated rings. The van der Waals surface area contributed by atoms with Crippen LogP contribution < -0.4 is 5.73 Å². The SMILES string of the molecule is Cc1cc(C#N)cc(C(=O)OCC[Si](C)(C)C)c1N. The molecule has 0 heterocycles. The molecule has 0 aliphatic carbocycles. The van der Waals surface area contributed by atoms with Crippen LogP contribution in [0.25, 0.3) is 0 Å². The Morgan fingerprint density at radius 3 is 2.58 bits per heavy atom. The number of carbonyl (C=O) groups excluding carboxylic acids is 1. The quantitative estimate of drug-likeness (QED) is 0.521. The van der Waals surface area contributed by atoms with Crippen molar-refractivity contribution in [3.05, 3.63) is 28.8 Å². The van der Waals surface area contributed by atoms with Crippen molar-refractivity contribution < 1.29 is 9.53 Å². The summed E-state index contributed by atoms with van der Waals surface area (Å²) in [6.45, 7) is 8.83. The number of aryl methyl sites for hydroxylation is 1. The van der Waals surface area contributed by atoms with Crippen LogP contribution in [0.1, 0.15) is 21.5 Å². The number of rotatable bonds is 4. The molecule has 1 aromatic rings. The number of benzene rings is 1. The number of nitrogens with two attached hydrogens (primary N) is 1. The van der Waals surface area contributed by atoms with Gasteiger partial charge in [-0.15, -0.1) is 0 Å². The maximum absolute atomic E-state index is 12.0. The fraction of sp³-hybridized carbons (Fsp3) is 0.429. The van der Waals surface area contributed by atoms with Crippen molar-refractivity contribution in [3.8, 4) is 6.07 Å². The van der Waals surface area contributed by atoms with Gasteiger partial charge in [0.2, 0.25) is 0 Å². The van der Waals surface area contributed by atoms with Crippen molar-refractivity contribution in [2.45, 2.75) is 32.6 Å². The minimum Gasteiger partial charge on any atom is -0.462 e. The maximum Gasteiger partial charge on any atom is 0.340 e. The van der Waals surface area contributed by atoms with Crippen LogP contribution in [0.4, 0.5) is 5.69 Å². The van der Waals surface area contributed by atoms with E-state index in [2.05, 4.69) is 19.6 Å². The zero-order valence-electron chi connectivity index (χ0n) is 11.9. The van der Waals surface area contributed by atoms with Crippen molar-refractivity contribution in [1.29, 1.82) is 5.26 Å². The van der Waals surface area contributed by atoms with Gasteiger partial charge in [0.1, 0.15) is 0 Å². The molecule has 0 bridgehead atoms. The molecule has 0 atom stereocenters. The lowest BCUT2D eigenvalue weighted by Crippen LogP contribution is -2.23. The number of nitrogen functional groups attached to an aromatic ring is 1. The summed E-state index contributed by atoms with van der Waals surface area (Å²) in [5, 5.41) is 8.90. The molecule has 1 rings (SSSR count). The third-order valence-corrected chi connectivity index (χ3v) is 4.53. The summed E-state index contributed by atoms with van der Waals surface area (Å²) in [7, 11) is -1.23. The first kappa shape index (κ1) is 15.3. The summed E-state index contributed by atoms with van der Waals surface area (Å²) >= 11 is 0. The lowest BCUT2D eigenvalue weighted by molar-refractivity contribution is 0.0526. The van der Waals surface area contributed by atoms with Gasteiger partial charge < -0.3 is 10.5 Å². The van der Waals surface area contributed by atoms with E-state index in [1.165, 1.54) is 6.07 Å². The third-order valence-electron chi connectivity index (χ3n) is 2.82. The lowest BCUT2D eigenvalue weighted by Gasteiger charge is -2.16. The largest absolute Gasteiger partial charge is 0.462 e. The van der Waals surface area contributed by atoms with E-state index < -0.39 is 14.0 Å². The first-order valence-electron chi connectivity index (χ1n) is 6.22. The highest BCUT2D eigenvalue weighted by molar-refractivity contribution is 6.76. The highest BCUT2D eigenvalue weighted by Gasteiger charge is 2.17. The molecule has 5 heteroatoms. The number of esters is 1. The normalized spacial score (nSPS) is 10.9. The topological polar surface area (TPSA) is 76.1 Å². The summed E-state index contributed by atoms with van der Waals surface area (Å²) < 4.78 is 5.25. The van der Waals surface area contributed by atoms with Gasteiger partial charge in [0.05, 0.1) is 23.8 Å². The van der Waals surface area contributed by atoms with Crippen molar-refractivity contribution in [1.82, 2.24) is 0 Å². The molecule has 0 saturated heterocycles. The first-order chi connectivity index (χ1) is 8.74. The number of carbonyl (C=O) groups is 1. The van der Waals surface area contributed by atoms with Gasteiger partial charge in [-0.25, -0.2) is 4.79 Å². The minimum absolute atomic E-state index is 0.284. The molecule has 0 amide bonds. The summed E-state index contributed by atoms with van der Waals surface area (Å²) in [5.41, 5.74) is 7.67. The molecule has 0 saturated carbocycles. The molecule has 0 unspecified atom stereocenters. The molecule has 0 aliphatic rings. The molecular weight excluding hydrogens is 256 g/mol. The van der Waals surface area contributed by atoms with Crippen LogP contribution in [0.5, 0.6) is 0 Å². The lowest BCUT2D eigenvalue weighted by atomic mass is 10.0. The summed E-state index contributed by atoms with van der Waals surface area (Å²) in [4.78, 5) is 12.0. The van der Waals surface area contributed by atoms with Crippen molar-refractivity contribution >= 4 is 19.7 Å². The van der Waals surface area contributed by atoms with Gasteiger partial charge in [-0.3, -0.25) is 0 Å². The minimum atomic E-state index is -1.23. The second kappa shape index (κ2) is 5.89. The Kier molecular flexibility index (Phi) is 4.73. The number of ether oxygens (including phenoxy) is 1. The Morgan fingerprint density at radius 2 is 2.05 bits per heavy atom. The molecule has 2 N–H and O–H groups in total. The average Bonchev–Trinajstić information content (AvgIpc) is 2.30. The van der Waals surface area contributed by atoms with E-state index >= 15 is 0 Å². The van der Waals surface area contributed by atoms with Crippen LogP contribution in [0, 0.1) is 18.3 Å². The van der Waals surface area contributed by atoms with Gasteiger partial charge >= 0.3 is 5.97 Å². The second-order valence-electron chi connectivity index (χ2n) is 5.81. The molecule has 4 nitrogen and oxygen atoms in total. The Morgan fingerprint density at radius 1 is 1.42 bits per heavy atom. The van der Waals surface area contributed by atoms with E-state index in [0.29, 0.717) is 17.9 Å². The predicted octanol–water partition coefficient (Wildman–Crippen LogP) is 2.94. The zero-order valence-corrected chi connectivity index (χ0v) is 12.9. The first-order valence-corrected chi connectivity index (χ1v) is 9.92. The Hall–Kier alpha value is -1.80. The van der Waals surface area contributed by atoms with Gasteiger partial charge in [-0.2, -0.15) is 5.26 Å². The summed E-state index contributed by atoms with van der Waals surface area (Å²) in [6.07, 6.45) is 0. The smallest absolute Gasteiger partial charge is 0.340 e. The Labute approximate surface area is 115 Å². The Bertz CT molecular complexity index is 527. The average molecular weight is 276 g/mol. The number of nitriles is 1. The van der Waals surface area contributed by atoms with Crippen LogP contribution in [-0.4, -0.2) is 20.7 Å². The molecule has 102 valence electrons. The predicted molar refractivity (Wildman–Crippen MR) is 78.7 cm³/mol. The summed E-state index contributed by atoms with van der Waals surface area (Å²) in [5.74, 6) is -0.448. The number of hydrogen-bond acceptors (Lipinski definition) is 4. The molecule has 0 aromatic heterocycles. The number of nitrogens with zero attached hydrogens (tertiary/aromatic N) is 1. The standard InChI is InChI=1S/C14H20N2O2Si/c1-10-7-11(9-15)8-12(13(10)16)14(17)18-5-6-19(2,3)4/h7-8H,5-6,16H2,1-4H3. The molecule has 1 aromatic carbocycles. The van der Waals surface area contributed by atoms with E-state index in [1.807, 2.05) is 6.07 Å². The highest BCUT2D eigenvalue weighted by atomic mass is 28.3. The van der Waals surface area contributed by atoms with Gasteiger partial charge in [-0.1, -0.05) is 19.6 Å². The van der Waals surface area contributed by atoms with Gasteiger partial charge in [0.25, 0.3) is 0 Å². The Balaban J connectivity index is 2.83. The van der Waals surface area contributed by atoms with Crippen LogP contribution in [0.2, 0.25) is 25.7 Å². The third kappa shape index (κ3) is 4.41. The van der Waals surface area contributed by atoms with E-state index in [1.54, 1.807) is 13.0 Å². The molecule has 0 radical (unpaired) electrons. The van der Waals surface area contributed by atoms with Crippen molar-refractivity contribution in [3.63, 3.8) is 0 Å². The number of hydrogen-bond donors (Lipinski definition) is 1. The van der Waals surface area contributed by atoms with Crippen LogP contribution in [-0.2, 0) is 4.74 Å². The van der Waals surface area contributed by atoms with Crippen molar-refractivity contribution in [2.75, 3.05) is 12.3 Å². The van der Waals surface area contributed by atoms with E-state index in [4.69, 9.17) is 15.7 Å².